The Morgan fingerprint density at radius 1 is 1.00 bits per heavy atom. The van der Waals surface area contributed by atoms with Gasteiger partial charge in [-0.15, -0.1) is 0 Å². The van der Waals surface area contributed by atoms with E-state index in [4.69, 9.17) is 0 Å². The van der Waals surface area contributed by atoms with Gasteiger partial charge in [-0.2, -0.15) is 0 Å². The molecule has 132 valence electrons. The second kappa shape index (κ2) is 6.95. The highest BCUT2D eigenvalue weighted by Gasteiger charge is 2.27. The van der Waals surface area contributed by atoms with Crippen molar-refractivity contribution in [1.29, 1.82) is 0 Å². The number of nitrogens with zero attached hydrogens (tertiary/aromatic N) is 1. The summed E-state index contributed by atoms with van der Waals surface area (Å²) >= 11 is 0. The number of nitrogens with one attached hydrogen (secondary N) is 1. The summed E-state index contributed by atoms with van der Waals surface area (Å²) in [7, 11) is 0. The van der Waals surface area contributed by atoms with E-state index in [1.165, 1.54) is 27.9 Å². The fourth-order valence-electron chi connectivity index (χ4n) is 4.03. The van der Waals surface area contributed by atoms with Crippen molar-refractivity contribution in [3.05, 3.63) is 83.6 Å². The normalized spacial score (nSPS) is 19.1. The van der Waals surface area contributed by atoms with Gasteiger partial charge in [0, 0.05) is 17.4 Å². The highest BCUT2D eigenvalue weighted by atomic mass is 14.9. The summed E-state index contributed by atoms with van der Waals surface area (Å²) in [6.07, 6.45) is 2.97. The largest absolute Gasteiger partial charge is 0.378 e. The molecular weight excluding hydrogens is 316 g/mol. The average Bonchev–Trinajstić information content (AvgIpc) is 2.68. The molecule has 2 heteroatoms. The number of hydrogen-bond acceptors (Lipinski definition) is 2. The topological polar surface area (TPSA) is 24.9 Å². The first-order chi connectivity index (χ1) is 12.6. The zero-order chi connectivity index (χ0) is 18.1. The average molecular weight is 342 g/mol. The summed E-state index contributed by atoms with van der Waals surface area (Å²) in [6.45, 7) is 6.89. The maximum atomic E-state index is 4.50. The van der Waals surface area contributed by atoms with Crippen LogP contribution < -0.4 is 5.32 Å². The van der Waals surface area contributed by atoms with Gasteiger partial charge in [0.1, 0.15) is 0 Å². The lowest BCUT2D eigenvalue weighted by atomic mass is 9.82. The Balaban J connectivity index is 1.70. The molecule has 1 N–H and O–H groups in total. The Morgan fingerprint density at radius 3 is 2.62 bits per heavy atom. The van der Waals surface area contributed by atoms with E-state index in [1.54, 1.807) is 0 Å². The van der Waals surface area contributed by atoms with Gasteiger partial charge in [-0.1, -0.05) is 63.2 Å². The highest BCUT2D eigenvalue weighted by molar-refractivity contribution is 5.65. The standard InChI is InChI=1S/C24H26N2/c1-16(2)20-10-7-11-21-17(3)14-23(26-24(20)21)19-9-6-8-18(15-19)22-12-4-5-13-25-22/h4-13,15-17,23,26H,14H2,1-3H3. The minimum atomic E-state index is 0.334. The van der Waals surface area contributed by atoms with Crippen LogP contribution >= 0.6 is 0 Å². The van der Waals surface area contributed by atoms with Gasteiger partial charge in [0.05, 0.1) is 11.7 Å². The van der Waals surface area contributed by atoms with Crippen molar-refractivity contribution >= 4 is 5.69 Å². The third kappa shape index (κ3) is 3.12. The van der Waals surface area contributed by atoms with E-state index in [9.17, 15) is 0 Å². The molecule has 1 aliphatic heterocycles. The molecule has 0 fully saturated rings. The van der Waals surface area contributed by atoms with E-state index in [1.807, 2.05) is 18.3 Å². The monoisotopic (exact) mass is 342 g/mol. The number of pyridine rings is 1. The summed E-state index contributed by atoms with van der Waals surface area (Å²) in [5, 5.41) is 3.85. The molecule has 0 amide bonds. The van der Waals surface area contributed by atoms with Crippen LogP contribution in [0.4, 0.5) is 5.69 Å². The number of para-hydroxylation sites is 1. The smallest absolute Gasteiger partial charge is 0.0702 e. The van der Waals surface area contributed by atoms with Crippen LogP contribution in [0.1, 0.15) is 61.8 Å². The van der Waals surface area contributed by atoms with E-state index < -0.39 is 0 Å². The van der Waals surface area contributed by atoms with Gasteiger partial charge in [-0.3, -0.25) is 4.98 Å². The van der Waals surface area contributed by atoms with Crippen molar-refractivity contribution in [3.63, 3.8) is 0 Å². The Labute approximate surface area is 156 Å². The molecule has 2 heterocycles. The van der Waals surface area contributed by atoms with Gasteiger partial charge in [0.15, 0.2) is 0 Å². The molecular formula is C24H26N2. The third-order valence-electron chi connectivity index (χ3n) is 5.44. The maximum Gasteiger partial charge on any atom is 0.0702 e. The van der Waals surface area contributed by atoms with Crippen LogP contribution in [0, 0.1) is 0 Å². The Hall–Kier alpha value is -2.61. The molecule has 0 aliphatic carbocycles. The quantitative estimate of drug-likeness (QED) is 0.585. The lowest BCUT2D eigenvalue weighted by Gasteiger charge is -2.34. The molecule has 0 spiro atoms. The van der Waals surface area contributed by atoms with Crippen molar-refractivity contribution in [2.24, 2.45) is 0 Å². The first-order valence-corrected chi connectivity index (χ1v) is 9.54. The molecule has 0 saturated heterocycles. The minimum Gasteiger partial charge on any atom is -0.378 e. The number of fused-ring (bicyclic) bond motifs is 1. The minimum absolute atomic E-state index is 0.334. The third-order valence-corrected chi connectivity index (χ3v) is 5.44. The molecule has 2 unspecified atom stereocenters. The molecule has 2 nitrogen and oxygen atoms in total. The van der Waals surface area contributed by atoms with Crippen LogP contribution in [0.5, 0.6) is 0 Å². The van der Waals surface area contributed by atoms with Gasteiger partial charge in [0.2, 0.25) is 0 Å². The predicted molar refractivity (Wildman–Crippen MR) is 110 cm³/mol. The lowest BCUT2D eigenvalue weighted by molar-refractivity contribution is 0.576. The summed E-state index contributed by atoms with van der Waals surface area (Å²) in [5.74, 6) is 1.07. The van der Waals surface area contributed by atoms with Crippen LogP contribution in [0.15, 0.2) is 66.9 Å². The van der Waals surface area contributed by atoms with Gasteiger partial charge in [-0.05, 0) is 53.1 Å². The zero-order valence-corrected chi connectivity index (χ0v) is 15.7. The van der Waals surface area contributed by atoms with Crippen LogP contribution in [0.2, 0.25) is 0 Å². The first-order valence-electron chi connectivity index (χ1n) is 9.54. The molecule has 0 bridgehead atoms. The van der Waals surface area contributed by atoms with Crippen LogP contribution in [-0.4, -0.2) is 4.98 Å². The predicted octanol–water partition coefficient (Wildman–Crippen LogP) is 6.53. The zero-order valence-electron chi connectivity index (χ0n) is 15.7. The molecule has 0 radical (unpaired) electrons. The van der Waals surface area contributed by atoms with Crippen molar-refractivity contribution in [2.75, 3.05) is 5.32 Å². The summed E-state index contributed by atoms with van der Waals surface area (Å²) in [6, 6.07) is 22.0. The van der Waals surface area contributed by atoms with E-state index in [0.717, 1.165) is 12.1 Å². The second-order valence-corrected chi connectivity index (χ2v) is 7.64. The molecule has 3 aromatic rings. The number of rotatable bonds is 3. The number of hydrogen-bond donors (Lipinski definition) is 1. The van der Waals surface area contributed by atoms with Gasteiger partial charge < -0.3 is 5.32 Å². The lowest BCUT2D eigenvalue weighted by Crippen LogP contribution is -2.22. The fourth-order valence-corrected chi connectivity index (χ4v) is 4.03. The number of anilines is 1. The van der Waals surface area contributed by atoms with E-state index >= 15 is 0 Å². The van der Waals surface area contributed by atoms with Gasteiger partial charge in [0.25, 0.3) is 0 Å². The van der Waals surface area contributed by atoms with Crippen molar-refractivity contribution in [1.82, 2.24) is 4.98 Å². The van der Waals surface area contributed by atoms with Crippen molar-refractivity contribution in [2.45, 2.75) is 45.1 Å². The maximum absolute atomic E-state index is 4.50. The van der Waals surface area contributed by atoms with Crippen LogP contribution in [-0.2, 0) is 0 Å². The van der Waals surface area contributed by atoms with Gasteiger partial charge in [-0.25, -0.2) is 0 Å². The summed E-state index contributed by atoms with van der Waals surface area (Å²) in [4.78, 5) is 4.50. The molecule has 0 saturated carbocycles. The van der Waals surface area contributed by atoms with Gasteiger partial charge >= 0.3 is 0 Å². The van der Waals surface area contributed by atoms with E-state index in [-0.39, 0.29) is 0 Å². The molecule has 26 heavy (non-hydrogen) atoms. The van der Waals surface area contributed by atoms with Crippen LogP contribution in [0.25, 0.3) is 11.3 Å². The molecule has 2 atom stereocenters. The highest BCUT2D eigenvalue weighted by Crippen LogP contribution is 2.43. The Morgan fingerprint density at radius 2 is 1.85 bits per heavy atom. The Kier molecular flexibility index (Phi) is 4.50. The van der Waals surface area contributed by atoms with E-state index in [2.05, 4.69) is 79.6 Å². The van der Waals surface area contributed by atoms with Crippen molar-refractivity contribution in [3.8, 4) is 11.3 Å². The van der Waals surface area contributed by atoms with E-state index in [0.29, 0.717) is 17.9 Å². The number of benzene rings is 2. The second-order valence-electron chi connectivity index (χ2n) is 7.64. The molecule has 2 aromatic carbocycles. The Bertz CT molecular complexity index is 885. The first kappa shape index (κ1) is 16.8. The number of aromatic nitrogens is 1. The summed E-state index contributed by atoms with van der Waals surface area (Å²) in [5.41, 5.74) is 7.76. The molecule has 1 aromatic heterocycles. The fraction of sp³-hybridized carbons (Fsp3) is 0.292. The van der Waals surface area contributed by atoms with Crippen LogP contribution in [0.3, 0.4) is 0 Å². The SMILES string of the molecule is CC(C)c1cccc2c1NC(c1cccc(-c3ccccn3)c1)CC2C. The van der Waals surface area contributed by atoms with Crippen molar-refractivity contribution < 1.29 is 0 Å². The summed E-state index contributed by atoms with van der Waals surface area (Å²) < 4.78 is 0. The molecule has 4 rings (SSSR count). The molecule has 1 aliphatic rings.